The molecule has 0 N–H and O–H groups in total. The van der Waals surface area contributed by atoms with E-state index in [1.807, 2.05) is 6.07 Å². The van der Waals surface area contributed by atoms with E-state index in [2.05, 4.69) is 38.3 Å². The monoisotopic (exact) mass is 261 g/mol. The molecule has 2 nitrogen and oxygen atoms in total. The van der Waals surface area contributed by atoms with Gasteiger partial charge in [0.1, 0.15) is 10.8 Å². The van der Waals surface area contributed by atoms with Crippen LogP contribution in [0.3, 0.4) is 0 Å². The van der Waals surface area contributed by atoms with Crippen molar-refractivity contribution in [2.75, 3.05) is 7.11 Å². The Balaban J connectivity index is 2.31. The van der Waals surface area contributed by atoms with Gasteiger partial charge < -0.3 is 4.74 Å². The molecule has 1 heterocycles. The Hall–Kier alpha value is -1.35. The van der Waals surface area contributed by atoms with Gasteiger partial charge in [-0.2, -0.15) is 0 Å². The molecular weight excluding hydrogens is 242 g/mol. The summed E-state index contributed by atoms with van der Waals surface area (Å²) in [5.41, 5.74) is 3.52. The van der Waals surface area contributed by atoms with Crippen LogP contribution < -0.4 is 4.74 Å². The maximum Gasteiger partial charge on any atom is 0.123 e. The summed E-state index contributed by atoms with van der Waals surface area (Å²) in [6, 6.07) is 6.22. The first-order valence-electron chi connectivity index (χ1n) is 6.26. The number of methoxy groups -OCH3 is 1. The van der Waals surface area contributed by atoms with Crippen LogP contribution in [0.2, 0.25) is 0 Å². The molecule has 0 aliphatic carbocycles. The van der Waals surface area contributed by atoms with Crippen molar-refractivity contribution in [2.45, 2.75) is 33.1 Å². The Morgan fingerprint density at radius 3 is 2.78 bits per heavy atom. The van der Waals surface area contributed by atoms with Crippen LogP contribution >= 0.6 is 11.3 Å². The molecule has 0 bridgehead atoms. The van der Waals surface area contributed by atoms with E-state index >= 15 is 0 Å². The van der Waals surface area contributed by atoms with Crippen LogP contribution in [0.5, 0.6) is 5.75 Å². The lowest BCUT2D eigenvalue weighted by Gasteiger charge is -2.06. The molecule has 0 saturated heterocycles. The molecule has 2 rings (SSSR count). The molecule has 0 spiro atoms. The number of nitrogens with zero attached hydrogens (tertiary/aromatic N) is 1. The molecule has 1 aromatic heterocycles. The third kappa shape index (κ3) is 2.56. The first kappa shape index (κ1) is 13.1. The van der Waals surface area contributed by atoms with Crippen LogP contribution in [0.1, 0.15) is 37.4 Å². The molecule has 0 fully saturated rings. The van der Waals surface area contributed by atoms with Crippen molar-refractivity contribution in [3.05, 3.63) is 34.8 Å². The molecule has 18 heavy (non-hydrogen) atoms. The maximum absolute atomic E-state index is 5.28. The van der Waals surface area contributed by atoms with Gasteiger partial charge in [0.25, 0.3) is 0 Å². The van der Waals surface area contributed by atoms with Crippen molar-refractivity contribution in [1.29, 1.82) is 0 Å². The Labute approximate surface area is 113 Å². The predicted molar refractivity (Wildman–Crippen MR) is 77.5 cm³/mol. The average molecular weight is 261 g/mol. The third-order valence-electron chi connectivity index (χ3n) is 3.28. The van der Waals surface area contributed by atoms with E-state index in [9.17, 15) is 0 Å². The molecule has 1 unspecified atom stereocenters. The first-order chi connectivity index (χ1) is 8.65. The Morgan fingerprint density at radius 1 is 1.39 bits per heavy atom. The molecule has 0 radical (unpaired) electrons. The summed E-state index contributed by atoms with van der Waals surface area (Å²) in [5.74, 6) is 1.46. The fourth-order valence-corrected chi connectivity index (χ4v) is 2.80. The van der Waals surface area contributed by atoms with Crippen LogP contribution in [-0.4, -0.2) is 12.1 Å². The summed E-state index contributed by atoms with van der Waals surface area (Å²) in [7, 11) is 1.70. The maximum atomic E-state index is 5.28. The van der Waals surface area contributed by atoms with Crippen molar-refractivity contribution in [2.24, 2.45) is 0 Å². The lowest BCUT2D eigenvalue weighted by atomic mass is 10.1. The van der Waals surface area contributed by atoms with E-state index in [4.69, 9.17) is 9.72 Å². The second-order valence-corrected chi connectivity index (χ2v) is 5.43. The Morgan fingerprint density at radius 2 is 2.17 bits per heavy atom. The highest BCUT2D eigenvalue weighted by Gasteiger charge is 2.10. The van der Waals surface area contributed by atoms with Gasteiger partial charge in [-0.15, -0.1) is 11.3 Å². The quantitative estimate of drug-likeness (QED) is 0.799. The van der Waals surface area contributed by atoms with Crippen LogP contribution in [0, 0.1) is 6.92 Å². The van der Waals surface area contributed by atoms with E-state index in [0.717, 1.165) is 22.7 Å². The molecule has 96 valence electrons. The van der Waals surface area contributed by atoms with Crippen LogP contribution in [0.15, 0.2) is 23.6 Å². The number of aromatic nitrogens is 1. The average Bonchev–Trinajstić information content (AvgIpc) is 2.87. The fourth-order valence-electron chi connectivity index (χ4n) is 1.87. The molecule has 3 heteroatoms. The van der Waals surface area contributed by atoms with Gasteiger partial charge in [0.2, 0.25) is 0 Å². The standard InChI is InChI=1S/C15H19NOS/c1-5-10(2)13-9-18-15(16-13)12-6-7-14(17-4)11(3)8-12/h6-10H,5H2,1-4H3. The van der Waals surface area contributed by atoms with Crippen LogP contribution in [0.4, 0.5) is 0 Å². The fraction of sp³-hybridized carbons (Fsp3) is 0.400. The summed E-state index contributed by atoms with van der Waals surface area (Å²) in [4.78, 5) is 4.73. The van der Waals surface area contributed by atoms with Gasteiger partial charge in [0.05, 0.1) is 12.8 Å². The van der Waals surface area contributed by atoms with E-state index in [0.29, 0.717) is 5.92 Å². The molecule has 0 aliphatic heterocycles. The summed E-state index contributed by atoms with van der Waals surface area (Å²) < 4.78 is 5.28. The molecule has 0 aliphatic rings. The lowest BCUT2D eigenvalue weighted by molar-refractivity contribution is 0.412. The van der Waals surface area contributed by atoms with Gasteiger partial charge in [-0.25, -0.2) is 4.98 Å². The molecule has 1 aromatic carbocycles. The zero-order valence-corrected chi connectivity index (χ0v) is 12.2. The highest BCUT2D eigenvalue weighted by molar-refractivity contribution is 7.13. The minimum absolute atomic E-state index is 0.536. The summed E-state index contributed by atoms with van der Waals surface area (Å²) in [6.07, 6.45) is 1.13. The molecule has 0 saturated carbocycles. The van der Waals surface area contributed by atoms with E-state index in [1.54, 1.807) is 18.4 Å². The summed E-state index contributed by atoms with van der Waals surface area (Å²) in [5, 5.41) is 3.26. The van der Waals surface area contributed by atoms with Crippen molar-refractivity contribution >= 4 is 11.3 Å². The van der Waals surface area contributed by atoms with Gasteiger partial charge >= 0.3 is 0 Å². The number of hydrogen-bond acceptors (Lipinski definition) is 3. The SMILES string of the molecule is CCC(C)c1csc(-c2ccc(OC)c(C)c2)n1. The van der Waals surface area contributed by atoms with Crippen molar-refractivity contribution in [3.8, 4) is 16.3 Å². The second-order valence-electron chi connectivity index (χ2n) is 4.57. The minimum Gasteiger partial charge on any atom is -0.496 e. The highest BCUT2D eigenvalue weighted by Crippen LogP contribution is 2.30. The van der Waals surface area contributed by atoms with Gasteiger partial charge in [0.15, 0.2) is 0 Å². The molecule has 1 atom stereocenters. The summed E-state index contributed by atoms with van der Waals surface area (Å²) in [6.45, 7) is 6.48. The Kier molecular flexibility index (Phi) is 4.02. The van der Waals surface area contributed by atoms with Crippen LogP contribution in [0.25, 0.3) is 10.6 Å². The third-order valence-corrected chi connectivity index (χ3v) is 4.19. The van der Waals surface area contributed by atoms with Gasteiger partial charge in [-0.1, -0.05) is 13.8 Å². The van der Waals surface area contributed by atoms with E-state index < -0.39 is 0 Å². The second kappa shape index (κ2) is 5.53. The number of ether oxygens (including phenoxy) is 1. The zero-order chi connectivity index (χ0) is 13.1. The van der Waals surface area contributed by atoms with Gasteiger partial charge in [-0.05, 0) is 43.0 Å². The zero-order valence-electron chi connectivity index (χ0n) is 11.4. The van der Waals surface area contributed by atoms with Gasteiger partial charge in [-0.3, -0.25) is 0 Å². The van der Waals surface area contributed by atoms with Crippen LogP contribution in [-0.2, 0) is 0 Å². The molecular formula is C15H19NOS. The minimum atomic E-state index is 0.536. The normalized spacial score (nSPS) is 12.4. The predicted octanol–water partition coefficient (Wildman–Crippen LogP) is 4.64. The van der Waals surface area contributed by atoms with Crippen molar-refractivity contribution < 1.29 is 4.74 Å². The molecule has 0 amide bonds. The molecule has 2 aromatic rings. The summed E-state index contributed by atoms with van der Waals surface area (Å²) >= 11 is 1.72. The highest BCUT2D eigenvalue weighted by atomic mass is 32.1. The number of thiazole rings is 1. The van der Waals surface area contributed by atoms with Crippen molar-refractivity contribution in [3.63, 3.8) is 0 Å². The first-order valence-corrected chi connectivity index (χ1v) is 7.14. The topological polar surface area (TPSA) is 22.1 Å². The van der Waals surface area contributed by atoms with E-state index in [1.165, 1.54) is 11.3 Å². The lowest BCUT2D eigenvalue weighted by Crippen LogP contribution is -1.91. The number of benzene rings is 1. The number of hydrogen-bond donors (Lipinski definition) is 0. The van der Waals surface area contributed by atoms with Gasteiger partial charge in [0, 0.05) is 10.9 Å². The number of aryl methyl sites for hydroxylation is 1. The Bertz CT molecular complexity index is 533. The number of rotatable bonds is 4. The van der Waals surface area contributed by atoms with E-state index in [-0.39, 0.29) is 0 Å². The van der Waals surface area contributed by atoms with Crippen molar-refractivity contribution in [1.82, 2.24) is 4.98 Å². The smallest absolute Gasteiger partial charge is 0.123 e. The largest absolute Gasteiger partial charge is 0.496 e.